The number of rotatable bonds is 6. The molecule has 3 aromatic rings. The molecule has 1 aromatic heterocycles. The standard InChI is InChI=1S/C21H22FN5O2S/c1-15-23-20(14-21(24-15)27-12-2-3-13-27)25-17-6-8-18(9-7-17)26-30(28,29)19-10-4-16(22)5-11-19/h4-11,14,26H,2-3,12-13H2,1H3,(H,23,24,25). The molecule has 2 heterocycles. The second-order valence-electron chi connectivity index (χ2n) is 7.11. The summed E-state index contributed by atoms with van der Waals surface area (Å²) < 4.78 is 40.4. The fraction of sp³-hybridized carbons (Fsp3) is 0.238. The maximum absolute atomic E-state index is 13.0. The van der Waals surface area contributed by atoms with Crippen molar-refractivity contribution >= 4 is 33.0 Å². The van der Waals surface area contributed by atoms with Crippen molar-refractivity contribution in [2.75, 3.05) is 28.0 Å². The molecule has 0 atom stereocenters. The molecule has 1 aliphatic rings. The van der Waals surface area contributed by atoms with E-state index < -0.39 is 15.8 Å². The van der Waals surface area contributed by atoms with E-state index in [1.807, 2.05) is 13.0 Å². The Morgan fingerprint density at radius 3 is 2.23 bits per heavy atom. The largest absolute Gasteiger partial charge is 0.356 e. The van der Waals surface area contributed by atoms with Gasteiger partial charge in [-0.3, -0.25) is 4.72 Å². The van der Waals surface area contributed by atoms with Gasteiger partial charge in [0.1, 0.15) is 23.3 Å². The van der Waals surface area contributed by atoms with Crippen LogP contribution in [0.5, 0.6) is 0 Å². The van der Waals surface area contributed by atoms with Crippen LogP contribution < -0.4 is 14.9 Å². The third kappa shape index (κ3) is 4.68. The minimum Gasteiger partial charge on any atom is -0.356 e. The van der Waals surface area contributed by atoms with Gasteiger partial charge in [0, 0.05) is 30.5 Å². The average Bonchev–Trinajstić information content (AvgIpc) is 3.24. The summed E-state index contributed by atoms with van der Waals surface area (Å²) in [5, 5.41) is 3.24. The molecule has 0 spiro atoms. The molecule has 0 aliphatic carbocycles. The van der Waals surface area contributed by atoms with Gasteiger partial charge in [-0.25, -0.2) is 22.8 Å². The predicted molar refractivity (Wildman–Crippen MR) is 115 cm³/mol. The van der Waals surface area contributed by atoms with Crippen LogP contribution >= 0.6 is 0 Å². The first kappa shape index (κ1) is 20.1. The fourth-order valence-corrected chi connectivity index (χ4v) is 4.38. The highest BCUT2D eigenvalue weighted by atomic mass is 32.2. The van der Waals surface area contributed by atoms with Crippen LogP contribution in [0.25, 0.3) is 0 Å². The van der Waals surface area contributed by atoms with Gasteiger partial charge in [-0.2, -0.15) is 0 Å². The molecule has 1 fully saturated rings. The summed E-state index contributed by atoms with van der Waals surface area (Å²) in [7, 11) is -3.79. The zero-order valence-electron chi connectivity index (χ0n) is 16.5. The molecule has 30 heavy (non-hydrogen) atoms. The van der Waals surface area contributed by atoms with Gasteiger partial charge >= 0.3 is 0 Å². The highest BCUT2D eigenvalue weighted by Gasteiger charge is 2.16. The molecular weight excluding hydrogens is 405 g/mol. The van der Waals surface area contributed by atoms with E-state index in [9.17, 15) is 12.8 Å². The zero-order valence-corrected chi connectivity index (χ0v) is 17.3. The molecular formula is C21H22FN5O2S. The van der Waals surface area contributed by atoms with E-state index in [0.717, 1.165) is 36.7 Å². The first-order valence-corrected chi connectivity index (χ1v) is 11.1. The molecule has 4 rings (SSSR count). The summed E-state index contributed by atoms with van der Waals surface area (Å²) in [6, 6.07) is 13.4. The van der Waals surface area contributed by atoms with E-state index in [1.54, 1.807) is 24.3 Å². The maximum Gasteiger partial charge on any atom is 0.261 e. The van der Waals surface area contributed by atoms with E-state index in [2.05, 4.69) is 24.9 Å². The molecule has 7 nitrogen and oxygen atoms in total. The third-order valence-corrected chi connectivity index (χ3v) is 6.19. The van der Waals surface area contributed by atoms with Crippen LogP contribution in [0.3, 0.4) is 0 Å². The summed E-state index contributed by atoms with van der Waals surface area (Å²) >= 11 is 0. The maximum atomic E-state index is 13.0. The Morgan fingerprint density at radius 1 is 0.933 bits per heavy atom. The smallest absolute Gasteiger partial charge is 0.261 e. The second kappa shape index (κ2) is 8.27. The number of hydrogen-bond donors (Lipinski definition) is 2. The van der Waals surface area contributed by atoms with Gasteiger partial charge in [-0.05, 0) is 68.3 Å². The lowest BCUT2D eigenvalue weighted by Gasteiger charge is -2.18. The Hall–Kier alpha value is -3.20. The highest BCUT2D eigenvalue weighted by molar-refractivity contribution is 7.92. The molecule has 2 N–H and O–H groups in total. The molecule has 1 saturated heterocycles. The molecule has 156 valence electrons. The summed E-state index contributed by atoms with van der Waals surface area (Å²) in [6.07, 6.45) is 2.34. The first-order chi connectivity index (χ1) is 14.4. The Morgan fingerprint density at radius 2 is 1.57 bits per heavy atom. The van der Waals surface area contributed by atoms with E-state index in [1.165, 1.54) is 25.0 Å². The Bertz CT molecular complexity index is 1130. The van der Waals surface area contributed by atoms with Crippen molar-refractivity contribution in [3.63, 3.8) is 0 Å². The van der Waals surface area contributed by atoms with Crippen LogP contribution in [0.2, 0.25) is 0 Å². The average molecular weight is 428 g/mol. The lowest BCUT2D eigenvalue weighted by atomic mass is 10.3. The number of benzene rings is 2. The number of halogens is 1. The van der Waals surface area contributed by atoms with Crippen LogP contribution in [0.4, 0.5) is 27.4 Å². The van der Waals surface area contributed by atoms with Gasteiger partial charge in [0.2, 0.25) is 0 Å². The van der Waals surface area contributed by atoms with Crippen LogP contribution in [0, 0.1) is 12.7 Å². The molecule has 0 unspecified atom stereocenters. The SMILES string of the molecule is Cc1nc(Nc2ccc(NS(=O)(=O)c3ccc(F)cc3)cc2)cc(N2CCCC2)n1. The van der Waals surface area contributed by atoms with Crippen molar-refractivity contribution in [3.8, 4) is 0 Å². The quantitative estimate of drug-likeness (QED) is 0.617. The number of aryl methyl sites for hydroxylation is 1. The first-order valence-electron chi connectivity index (χ1n) is 9.65. The highest BCUT2D eigenvalue weighted by Crippen LogP contribution is 2.24. The van der Waals surface area contributed by atoms with Crippen molar-refractivity contribution in [2.24, 2.45) is 0 Å². The topological polar surface area (TPSA) is 87.2 Å². The van der Waals surface area contributed by atoms with Crippen LogP contribution in [-0.2, 0) is 10.0 Å². The minimum atomic E-state index is -3.79. The lowest BCUT2D eigenvalue weighted by molar-refractivity contribution is 0.599. The van der Waals surface area contributed by atoms with Gasteiger partial charge in [-0.15, -0.1) is 0 Å². The Kier molecular flexibility index (Phi) is 5.54. The van der Waals surface area contributed by atoms with E-state index in [4.69, 9.17) is 0 Å². The molecule has 2 aromatic carbocycles. The number of sulfonamides is 1. The molecule has 0 radical (unpaired) electrons. The fourth-order valence-electron chi connectivity index (χ4n) is 3.32. The van der Waals surface area contributed by atoms with Crippen molar-refractivity contribution in [2.45, 2.75) is 24.7 Å². The van der Waals surface area contributed by atoms with E-state index >= 15 is 0 Å². The van der Waals surface area contributed by atoms with Gasteiger partial charge in [0.25, 0.3) is 10.0 Å². The molecule has 9 heteroatoms. The molecule has 1 aliphatic heterocycles. The lowest BCUT2D eigenvalue weighted by Crippen LogP contribution is -2.19. The van der Waals surface area contributed by atoms with Gasteiger partial charge in [-0.1, -0.05) is 0 Å². The molecule has 0 bridgehead atoms. The zero-order chi connectivity index (χ0) is 21.1. The van der Waals surface area contributed by atoms with Gasteiger partial charge in [0.05, 0.1) is 4.90 Å². The summed E-state index contributed by atoms with van der Waals surface area (Å²) in [4.78, 5) is 11.2. The Labute approximate surface area is 175 Å². The van der Waals surface area contributed by atoms with Crippen molar-refractivity contribution in [3.05, 3.63) is 66.2 Å². The summed E-state index contributed by atoms with van der Waals surface area (Å²) in [5.74, 6) is 1.79. The second-order valence-corrected chi connectivity index (χ2v) is 8.80. The van der Waals surface area contributed by atoms with Crippen LogP contribution in [0.1, 0.15) is 18.7 Å². The number of nitrogens with one attached hydrogen (secondary N) is 2. The number of nitrogens with zero attached hydrogens (tertiary/aromatic N) is 3. The van der Waals surface area contributed by atoms with Gasteiger partial charge in [0.15, 0.2) is 0 Å². The summed E-state index contributed by atoms with van der Waals surface area (Å²) in [6.45, 7) is 3.86. The monoisotopic (exact) mass is 427 g/mol. The Balaban J connectivity index is 1.47. The molecule has 0 saturated carbocycles. The number of anilines is 4. The minimum absolute atomic E-state index is 0.00277. The number of aromatic nitrogens is 2. The van der Waals surface area contributed by atoms with E-state index in [-0.39, 0.29) is 4.90 Å². The van der Waals surface area contributed by atoms with Gasteiger partial charge < -0.3 is 10.2 Å². The van der Waals surface area contributed by atoms with Crippen LogP contribution in [-0.4, -0.2) is 31.5 Å². The third-order valence-electron chi connectivity index (χ3n) is 4.79. The summed E-state index contributed by atoms with van der Waals surface area (Å²) in [5.41, 5.74) is 1.17. The van der Waals surface area contributed by atoms with Crippen molar-refractivity contribution in [1.82, 2.24) is 9.97 Å². The van der Waals surface area contributed by atoms with Crippen molar-refractivity contribution in [1.29, 1.82) is 0 Å². The molecule has 0 amide bonds. The normalized spacial score (nSPS) is 14.0. The van der Waals surface area contributed by atoms with Crippen LogP contribution in [0.15, 0.2) is 59.5 Å². The van der Waals surface area contributed by atoms with Crippen molar-refractivity contribution < 1.29 is 12.8 Å². The van der Waals surface area contributed by atoms with E-state index in [0.29, 0.717) is 17.3 Å². The number of hydrogen-bond acceptors (Lipinski definition) is 6. The predicted octanol–water partition coefficient (Wildman–Crippen LogP) is 4.07.